The van der Waals surface area contributed by atoms with E-state index in [9.17, 15) is 4.79 Å². The molecule has 0 spiro atoms. The van der Waals surface area contributed by atoms with Gasteiger partial charge in [0.25, 0.3) is 0 Å². The molecule has 2 atom stereocenters. The van der Waals surface area contributed by atoms with Gasteiger partial charge in [0, 0.05) is 26.2 Å². The Kier molecular flexibility index (Phi) is 4.15. The SMILES string of the molecule is NCC1CN(CC2CCCOC2)C(=O)CO1. The normalized spacial score (nSPS) is 31.8. The van der Waals surface area contributed by atoms with Gasteiger partial charge < -0.3 is 20.1 Å². The first-order valence-corrected chi connectivity index (χ1v) is 5.96. The zero-order chi connectivity index (χ0) is 11.4. The zero-order valence-corrected chi connectivity index (χ0v) is 9.56. The number of amides is 1. The van der Waals surface area contributed by atoms with Crippen molar-refractivity contribution in [2.24, 2.45) is 11.7 Å². The number of carbonyl (C=O) groups is 1. The molecule has 0 aromatic carbocycles. The lowest BCUT2D eigenvalue weighted by Gasteiger charge is -2.35. The average Bonchev–Trinajstić information content (AvgIpc) is 2.33. The molecule has 92 valence electrons. The molecular weight excluding hydrogens is 208 g/mol. The smallest absolute Gasteiger partial charge is 0.248 e. The molecule has 16 heavy (non-hydrogen) atoms. The maximum absolute atomic E-state index is 11.6. The van der Waals surface area contributed by atoms with Gasteiger partial charge in [-0.1, -0.05) is 0 Å². The van der Waals surface area contributed by atoms with Crippen LogP contribution in [0.25, 0.3) is 0 Å². The Balaban J connectivity index is 1.83. The van der Waals surface area contributed by atoms with Crippen LogP contribution >= 0.6 is 0 Å². The van der Waals surface area contributed by atoms with Gasteiger partial charge in [0.2, 0.25) is 5.91 Å². The van der Waals surface area contributed by atoms with E-state index in [0.717, 1.165) is 32.6 Å². The van der Waals surface area contributed by atoms with Crippen molar-refractivity contribution in [3.63, 3.8) is 0 Å². The van der Waals surface area contributed by atoms with E-state index < -0.39 is 0 Å². The van der Waals surface area contributed by atoms with E-state index >= 15 is 0 Å². The third kappa shape index (κ3) is 2.93. The van der Waals surface area contributed by atoms with E-state index in [1.54, 1.807) is 0 Å². The maximum Gasteiger partial charge on any atom is 0.248 e. The van der Waals surface area contributed by atoms with Crippen molar-refractivity contribution in [2.75, 3.05) is 39.5 Å². The van der Waals surface area contributed by atoms with Gasteiger partial charge >= 0.3 is 0 Å². The fourth-order valence-electron chi connectivity index (χ4n) is 2.26. The number of nitrogens with two attached hydrogens (primary N) is 1. The molecule has 0 aliphatic carbocycles. The van der Waals surface area contributed by atoms with Crippen molar-refractivity contribution in [1.29, 1.82) is 0 Å². The van der Waals surface area contributed by atoms with Crippen molar-refractivity contribution < 1.29 is 14.3 Å². The van der Waals surface area contributed by atoms with E-state index in [-0.39, 0.29) is 18.6 Å². The lowest BCUT2D eigenvalue weighted by molar-refractivity contribution is -0.149. The quantitative estimate of drug-likeness (QED) is 0.714. The number of hydrogen-bond donors (Lipinski definition) is 1. The van der Waals surface area contributed by atoms with Crippen LogP contribution in [-0.2, 0) is 14.3 Å². The van der Waals surface area contributed by atoms with Gasteiger partial charge in [-0.15, -0.1) is 0 Å². The van der Waals surface area contributed by atoms with E-state index in [4.69, 9.17) is 15.2 Å². The molecule has 2 unspecified atom stereocenters. The highest BCUT2D eigenvalue weighted by atomic mass is 16.5. The van der Waals surface area contributed by atoms with Crippen LogP contribution in [0.2, 0.25) is 0 Å². The molecule has 2 aliphatic rings. The Morgan fingerprint density at radius 2 is 2.38 bits per heavy atom. The number of rotatable bonds is 3. The predicted molar refractivity (Wildman–Crippen MR) is 58.9 cm³/mol. The summed E-state index contributed by atoms with van der Waals surface area (Å²) in [7, 11) is 0. The summed E-state index contributed by atoms with van der Waals surface area (Å²) in [4.78, 5) is 13.5. The monoisotopic (exact) mass is 228 g/mol. The average molecular weight is 228 g/mol. The zero-order valence-electron chi connectivity index (χ0n) is 9.56. The Morgan fingerprint density at radius 1 is 1.50 bits per heavy atom. The van der Waals surface area contributed by atoms with Crippen molar-refractivity contribution in [3.05, 3.63) is 0 Å². The van der Waals surface area contributed by atoms with Crippen molar-refractivity contribution in [2.45, 2.75) is 18.9 Å². The summed E-state index contributed by atoms with van der Waals surface area (Å²) < 4.78 is 10.7. The number of hydrogen-bond acceptors (Lipinski definition) is 4. The predicted octanol–water partition coefficient (Wildman–Crippen LogP) is -0.401. The van der Waals surface area contributed by atoms with Crippen LogP contribution in [0.3, 0.4) is 0 Å². The lowest BCUT2D eigenvalue weighted by Crippen LogP contribution is -2.51. The van der Waals surface area contributed by atoms with Crippen LogP contribution in [-0.4, -0.2) is 56.4 Å². The second kappa shape index (κ2) is 5.61. The van der Waals surface area contributed by atoms with Gasteiger partial charge in [-0.05, 0) is 18.8 Å². The second-order valence-corrected chi connectivity index (χ2v) is 4.55. The molecule has 0 aromatic rings. The molecule has 0 bridgehead atoms. The van der Waals surface area contributed by atoms with Gasteiger partial charge in [-0.2, -0.15) is 0 Å². The Hall–Kier alpha value is -0.650. The van der Waals surface area contributed by atoms with Crippen LogP contribution in [0.4, 0.5) is 0 Å². The molecular formula is C11H20N2O3. The summed E-state index contributed by atoms with van der Waals surface area (Å²) in [6.45, 7) is 3.71. The first kappa shape index (κ1) is 11.8. The third-order valence-electron chi connectivity index (χ3n) is 3.22. The van der Waals surface area contributed by atoms with Gasteiger partial charge in [-0.3, -0.25) is 4.79 Å². The van der Waals surface area contributed by atoms with Gasteiger partial charge in [0.05, 0.1) is 12.7 Å². The van der Waals surface area contributed by atoms with Crippen molar-refractivity contribution in [1.82, 2.24) is 4.90 Å². The minimum Gasteiger partial charge on any atom is -0.381 e. The maximum atomic E-state index is 11.6. The first-order chi connectivity index (χ1) is 7.79. The highest BCUT2D eigenvalue weighted by Gasteiger charge is 2.28. The standard InChI is InChI=1S/C11H20N2O3/c12-4-10-6-13(11(14)8-16-10)5-9-2-1-3-15-7-9/h9-10H,1-8,12H2. The first-order valence-electron chi connectivity index (χ1n) is 5.96. The van der Waals surface area contributed by atoms with Crippen LogP contribution in [0.15, 0.2) is 0 Å². The minimum atomic E-state index is 0.00205. The molecule has 2 rings (SSSR count). The van der Waals surface area contributed by atoms with Crippen LogP contribution in [0.5, 0.6) is 0 Å². The highest BCUT2D eigenvalue weighted by Crippen LogP contribution is 2.17. The summed E-state index contributed by atoms with van der Waals surface area (Å²) in [5.74, 6) is 0.560. The molecule has 2 heterocycles. The largest absolute Gasteiger partial charge is 0.381 e. The summed E-state index contributed by atoms with van der Waals surface area (Å²) in [5, 5.41) is 0. The van der Waals surface area contributed by atoms with E-state index in [1.807, 2.05) is 4.90 Å². The topological polar surface area (TPSA) is 64.8 Å². The molecule has 0 saturated carbocycles. The lowest BCUT2D eigenvalue weighted by atomic mass is 10.0. The fourth-order valence-corrected chi connectivity index (χ4v) is 2.26. The molecule has 0 radical (unpaired) electrons. The summed E-state index contributed by atoms with van der Waals surface area (Å²) in [6.07, 6.45) is 2.25. The minimum absolute atomic E-state index is 0.00205. The summed E-state index contributed by atoms with van der Waals surface area (Å²) in [5.41, 5.74) is 5.56. The third-order valence-corrected chi connectivity index (χ3v) is 3.22. The molecule has 5 nitrogen and oxygen atoms in total. The van der Waals surface area contributed by atoms with Crippen LogP contribution in [0.1, 0.15) is 12.8 Å². The molecule has 5 heteroatoms. The molecule has 2 aliphatic heterocycles. The second-order valence-electron chi connectivity index (χ2n) is 4.55. The summed E-state index contributed by atoms with van der Waals surface area (Å²) in [6, 6.07) is 0. The van der Waals surface area contributed by atoms with Crippen LogP contribution in [0, 0.1) is 5.92 Å². The van der Waals surface area contributed by atoms with E-state index in [1.165, 1.54) is 0 Å². The van der Waals surface area contributed by atoms with Gasteiger partial charge in [0.15, 0.2) is 0 Å². The van der Waals surface area contributed by atoms with Gasteiger partial charge in [0.1, 0.15) is 6.61 Å². The Morgan fingerprint density at radius 3 is 3.06 bits per heavy atom. The van der Waals surface area contributed by atoms with E-state index in [0.29, 0.717) is 19.0 Å². The van der Waals surface area contributed by atoms with Crippen LogP contribution < -0.4 is 5.73 Å². The highest BCUT2D eigenvalue weighted by molar-refractivity contribution is 5.78. The number of nitrogens with zero attached hydrogens (tertiary/aromatic N) is 1. The summed E-state index contributed by atoms with van der Waals surface area (Å²) >= 11 is 0. The van der Waals surface area contributed by atoms with E-state index in [2.05, 4.69) is 0 Å². The van der Waals surface area contributed by atoms with Gasteiger partial charge in [-0.25, -0.2) is 0 Å². The molecule has 1 amide bonds. The Labute approximate surface area is 95.9 Å². The number of morpholine rings is 1. The molecule has 0 aromatic heterocycles. The van der Waals surface area contributed by atoms with Crippen molar-refractivity contribution >= 4 is 5.91 Å². The molecule has 2 fully saturated rings. The fraction of sp³-hybridized carbons (Fsp3) is 0.909. The number of carbonyl (C=O) groups excluding carboxylic acids is 1. The number of ether oxygens (including phenoxy) is 2. The Bertz CT molecular complexity index is 241. The molecule has 2 saturated heterocycles. The van der Waals surface area contributed by atoms with Crippen molar-refractivity contribution in [3.8, 4) is 0 Å². The molecule has 2 N–H and O–H groups in total.